The third kappa shape index (κ3) is 7.14. The summed E-state index contributed by atoms with van der Waals surface area (Å²) in [7, 11) is 4.35. The van der Waals surface area contributed by atoms with Gasteiger partial charge in [0.05, 0.1) is 27.2 Å². The number of nitrogens with one attached hydrogen (secondary N) is 2. The van der Waals surface area contributed by atoms with E-state index < -0.39 is 0 Å². The first-order valence-corrected chi connectivity index (χ1v) is 9.97. The fraction of sp³-hybridized carbons (Fsp3) is 0.409. The first-order valence-electron chi connectivity index (χ1n) is 9.56. The maximum atomic E-state index is 5.72. The second kappa shape index (κ2) is 10.9. The third-order valence-corrected chi connectivity index (χ3v) is 4.77. The van der Waals surface area contributed by atoms with Gasteiger partial charge in [0, 0.05) is 12.2 Å². The zero-order valence-electron chi connectivity index (χ0n) is 16.3. The Morgan fingerprint density at radius 2 is 1.69 bits per heavy atom. The van der Waals surface area contributed by atoms with Crippen LogP contribution in [-0.2, 0) is 13.0 Å². The molecule has 0 aliphatic rings. The van der Waals surface area contributed by atoms with Gasteiger partial charge in [0.15, 0.2) is 5.11 Å². The summed E-state index contributed by atoms with van der Waals surface area (Å²) in [6.45, 7) is 5.03. The number of hydrogen-bond acceptors (Lipinski definition) is 1. The lowest BCUT2D eigenvalue weighted by molar-refractivity contribution is -0.857. The lowest BCUT2D eigenvalue weighted by atomic mass is 10.1. The van der Waals surface area contributed by atoms with E-state index in [1.54, 1.807) is 0 Å². The SMILES string of the molecule is CCCCc1ccc(NC(=S)N(CC[NH+](C)C)Cc2ccccc2)cc1. The average Bonchev–Trinajstić information content (AvgIpc) is 2.65. The van der Waals surface area contributed by atoms with E-state index in [2.05, 4.69) is 85.8 Å². The minimum atomic E-state index is 0.788. The van der Waals surface area contributed by atoms with Crippen molar-refractivity contribution in [3.8, 4) is 0 Å². The summed E-state index contributed by atoms with van der Waals surface area (Å²) in [6, 6.07) is 19.2. The van der Waals surface area contributed by atoms with Gasteiger partial charge in [-0.3, -0.25) is 0 Å². The lowest BCUT2D eigenvalue weighted by Gasteiger charge is -2.26. The lowest BCUT2D eigenvalue weighted by Crippen LogP contribution is -3.06. The fourth-order valence-electron chi connectivity index (χ4n) is 2.75. The Morgan fingerprint density at radius 1 is 1.00 bits per heavy atom. The van der Waals surface area contributed by atoms with Crippen molar-refractivity contribution in [2.24, 2.45) is 0 Å². The number of quaternary nitrogens is 1. The van der Waals surface area contributed by atoms with Gasteiger partial charge in [0.25, 0.3) is 0 Å². The van der Waals surface area contributed by atoms with Gasteiger partial charge in [-0.25, -0.2) is 0 Å². The molecule has 4 heteroatoms. The number of unbranched alkanes of at least 4 members (excludes halogenated alkanes) is 1. The second-order valence-corrected chi connectivity index (χ2v) is 7.48. The molecule has 2 N–H and O–H groups in total. The maximum Gasteiger partial charge on any atom is 0.173 e. The van der Waals surface area contributed by atoms with Gasteiger partial charge in [-0.2, -0.15) is 0 Å². The van der Waals surface area contributed by atoms with Crippen molar-refractivity contribution in [3.63, 3.8) is 0 Å². The number of hydrogen-bond donors (Lipinski definition) is 2. The summed E-state index contributed by atoms with van der Waals surface area (Å²) in [5.74, 6) is 0. The monoisotopic (exact) mass is 370 g/mol. The van der Waals surface area contributed by atoms with Crippen LogP contribution in [0.1, 0.15) is 30.9 Å². The molecule has 2 aromatic carbocycles. The Labute approximate surface area is 164 Å². The van der Waals surface area contributed by atoms with E-state index in [9.17, 15) is 0 Å². The molecular weight excluding hydrogens is 338 g/mol. The Bertz CT molecular complexity index is 653. The fourth-order valence-corrected chi connectivity index (χ4v) is 3.03. The van der Waals surface area contributed by atoms with Crippen LogP contribution in [0.2, 0.25) is 0 Å². The van der Waals surface area contributed by atoms with Gasteiger partial charge in [-0.15, -0.1) is 0 Å². The molecule has 0 amide bonds. The molecule has 2 rings (SSSR count). The molecular formula is C22H32N3S+. The molecule has 0 atom stereocenters. The third-order valence-electron chi connectivity index (χ3n) is 4.41. The second-order valence-electron chi connectivity index (χ2n) is 7.09. The van der Waals surface area contributed by atoms with Crippen molar-refractivity contribution < 1.29 is 4.90 Å². The zero-order valence-corrected chi connectivity index (χ0v) is 17.1. The number of benzene rings is 2. The highest BCUT2D eigenvalue weighted by Gasteiger charge is 2.12. The van der Waals surface area contributed by atoms with Crippen LogP contribution in [0.4, 0.5) is 5.69 Å². The molecule has 3 nitrogen and oxygen atoms in total. The van der Waals surface area contributed by atoms with Crippen molar-refractivity contribution >= 4 is 23.0 Å². The largest absolute Gasteiger partial charge is 0.339 e. The van der Waals surface area contributed by atoms with Crippen LogP contribution in [-0.4, -0.2) is 37.2 Å². The molecule has 0 saturated carbocycles. The molecule has 26 heavy (non-hydrogen) atoms. The van der Waals surface area contributed by atoms with Crippen LogP contribution < -0.4 is 10.2 Å². The summed E-state index contributed by atoms with van der Waals surface area (Å²) in [5.41, 5.74) is 3.73. The topological polar surface area (TPSA) is 19.7 Å². The number of rotatable bonds is 9. The van der Waals surface area contributed by atoms with Crippen LogP contribution in [0.5, 0.6) is 0 Å². The van der Waals surface area contributed by atoms with E-state index in [0.29, 0.717) is 0 Å². The van der Waals surface area contributed by atoms with E-state index in [1.165, 1.54) is 28.9 Å². The minimum Gasteiger partial charge on any atom is -0.339 e. The van der Waals surface area contributed by atoms with E-state index in [4.69, 9.17) is 12.2 Å². The number of thiocarbonyl (C=S) groups is 1. The maximum absolute atomic E-state index is 5.72. The van der Waals surface area contributed by atoms with Crippen LogP contribution in [0.15, 0.2) is 54.6 Å². The Kier molecular flexibility index (Phi) is 8.59. The molecule has 0 heterocycles. The molecule has 0 spiro atoms. The van der Waals surface area contributed by atoms with Gasteiger partial charge < -0.3 is 15.1 Å². The van der Waals surface area contributed by atoms with Crippen molar-refractivity contribution in [3.05, 3.63) is 65.7 Å². The van der Waals surface area contributed by atoms with Crippen LogP contribution in [0.3, 0.4) is 0 Å². The summed E-state index contributed by atoms with van der Waals surface area (Å²) in [6.07, 6.45) is 3.61. The normalized spacial score (nSPS) is 10.8. The molecule has 0 aliphatic heterocycles. The summed E-state index contributed by atoms with van der Waals surface area (Å²) >= 11 is 5.72. The van der Waals surface area contributed by atoms with Crippen LogP contribution in [0, 0.1) is 0 Å². The number of anilines is 1. The van der Waals surface area contributed by atoms with Crippen LogP contribution in [0.25, 0.3) is 0 Å². The van der Waals surface area contributed by atoms with Crippen LogP contribution >= 0.6 is 12.2 Å². The molecule has 0 unspecified atom stereocenters. The van der Waals surface area contributed by atoms with Crippen molar-refractivity contribution in [1.29, 1.82) is 0 Å². The molecule has 2 aromatic rings. The quantitative estimate of drug-likeness (QED) is 0.660. The highest BCUT2D eigenvalue weighted by Crippen LogP contribution is 2.13. The van der Waals surface area contributed by atoms with Gasteiger partial charge >= 0.3 is 0 Å². The average molecular weight is 371 g/mol. The highest BCUT2D eigenvalue weighted by molar-refractivity contribution is 7.80. The highest BCUT2D eigenvalue weighted by atomic mass is 32.1. The van der Waals surface area contributed by atoms with E-state index in [1.807, 2.05) is 0 Å². The van der Waals surface area contributed by atoms with Gasteiger partial charge in [0.2, 0.25) is 0 Å². The number of aryl methyl sites for hydroxylation is 1. The van der Waals surface area contributed by atoms with Gasteiger partial charge in [-0.1, -0.05) is 55.8 Å². The smallest absolute Gasteiger partial charge is 0.173 e. The zero-order chi connectivity index (χ0) is 18.8. The number of nitrogens with zero attached hydrogens (tertiary/aromatic N) is 1. The van der Waals surface area contributed by atoms with Crippen molar-refractivity contribution in [2.75, 3.05) is 32.5 Å². The minimum absolute atomic E-state index is 0.788. The molecule has 0 radical (unpaired) electrons. The summed E-state index contributed by atoms with van der Waals surface area (Å²) < 4.78 is 0. The van der Waals surface area contributed by atoms with E-state index in [0.717, 1.165) is 36.9 Å². The van der Waals surface area contributed by atoms with E-state index in [-0.39, 0.29) is 0 Å². The summed E-state index contributed by atoms with van der Waals surface area (Å²) in [4.78, 5) is 3.67. The van der Waals surface area contributed by atoms with Crippen molar-refractivity contribution in [1.82, 2.24) is 4.90 Å². The Hall–Kier alpha value is -1.91. The standard InChI is InChI=1S/C22H31N3S/c1-4-5-9-19-12-14-21(15-13-19)23-22(26)25(17-16-24(2)3)18-20-10-7-6-8-11-20/h6-8,10-15H,4-5,9,16-18H2,1-3H3,(H,23,26)/p+1. The molecule has 0 fully saturated rings. The van der Waals surface area contributed by atoms with Gasteiger partial charge in [-0.05, 0) is 48.3 Å². The molecule has 0 bridgehead atoms. The summed E-state index contributed by atoms with van der Waals surface area (Å²) in [5, 5.41) is 4.21. The molecule has 140 valence electrons. The van der Waals surface area contributed by atoms with E-state index >= 15 is 0 Å². The first-order chi connectivity index (χ1) is 12.6. The predicted molar refractivity (Wildman–Crippen MR) is 116 cm³/mol. The first kappa shape index (κ1) is 20.4. The Balaban J connectivity index is 2.00. The van der Waals surface area contributed by atoms with Gasteiger partial charge in [0.1, 0.15) is 0 Å². The Morgan fingerprint density at radius 3 is 2.31 bits per heavy atom. The molecule has 0 aromatic heterocycles. The predicted octanol–water partition coefficient (Wildman–Crippen LogP) is 3.37. The van der Waals surface area contributed by atoms with Crippen molar-refractivity contribution in [2.45, 2.75) is 32.7 Å². The number of likely N-dealkylation sites (N-methyl/N-ethyl adjacent to an activating group) is 1. The molecule has 0 aliphatic carbocycles. The molecule has 0 saturated heterocycles.